The number of carbonyl (C=O) groups excluding carboxylic acids is 2. The summed E-state index contributed by atoms with van der Waals surface area (Å²) in [7, 11) is 0. The average molecular weight is 320 g/mol. The van der Waals surface area contributed by atoms with Gasteiger partial charge in [-0.05, 0) is 31.0 Å². The fourth-order valence-corrected chi connectivity index (χ4v) is 2.92. The molecule has 0 unspecified atom stereocenters. The third-order valence-corrected chi connectivity index (χ3v) is 4.24. The van der Waals surface area contributed by atoms with Gasteiger partial charge in [0, 0.05) is 23.2 Å². The number of rotatable bonds is 3. The maximum Gasteiger partial charge on any atom is 0.341 e. The summed E-state index contributed by atoms with van der Waals surface area (Å²) in [5, 5.41) is 5.10. The van der Waals surface area contributed by atoms with Crippen molar-refractivity contribution in [1.29, 1.82) is 0 Å². The molecule has 1 aliphatic rings. The van der Waals surface area contributed by atoms with Crippen LogP contribution in [0.2, 0.25) is 0 Å². The van der Waals surface area contributed by atoms with Crippen molar-refractivity contribution < 1.29 is 18.7 Å². The number of anilines is 1. The van der Waals surface area contributed by atoms with Gasteiger partial charge in [0.15, 0.2) is 0 Å². The molecule has 2 heterocycles. The Kier molecular flexibility index (Phi) is 3.89. The monoisotopic (exact) mass is 320 g/mol. The van der Waals surface area contributed by atoms with Crippen molar-refractivity contribution in [2.24, 2.45) is 0 Å². The highest BCUT2D eigenvalue weighted by Gasteiger charge is 2.21. The number of thiazole rings is 1. The molecule has 0 fully saturated rings. The first kappa shape index (κ1) is 14.6. The minimum atomic E-state index is -0.731. The van der Waals surface area contributed by atoms with E-state index < -0.39 is 11.8 Å². The normalized spacial score (nSPS) is 13.5. The lowest BCUT2D eigenvalue weighted by molar-refractivity contribution is -0.116. The average Bonchev–Trinajstić information content (AvgIpc) is 2.89. The van der Waals surface area contributed by atoms with Crippen LogP contribution in [0.5, 0.6) is 0 Å². The van der Waals surface area contributed by atoms with E-state index in [0.29, 0.717) is 23.5 Å². The summed E-state index contributed by atoms with van der Waals surface area (Å²) >= 11 is 1.38. The first-order valence-electron chi connectivity index (χ1n) is 6.73. The molecular weight excluding hydrogens is 307 g/mol. The van der Waals surface area contributed by atoms with Crippen LogP contribution < -0.4 is 5.32 Å². The van der Waals surface area contributed by atoms with Gasteiger partial charge in [0.25, 0.3) is 0 Å². The van der Waals surface area contributed by atoms with Gasteiger partial charge in [-0.15, -0.1) is 11.3 Å². The van der Waals surface area contributed by atoms with Crippen LogP contribution in [0.25, 0.3) is 0 Å². The molecule has 1 aromatic carbocycles. The highest BCUT2D eigenvalue weighted by molar-refractivity contribution is 7.09. The maximum atomic E-state index is 14.0. The smallest absolute Gasteiger partial charge is 0.341 e. The molecule has 5 nitrogen and oxygen atoms in total. The van der Waals surface area contributed by atoms with Crippen LogP contribution in [-0.2, 0) is 22.6 Å². The second kappa shape index (κ2) is 5.84. The molecule has 114 valence electrons. The number of esters is 1. The minimum absolute atomic E-state index is 0.0185. The van der Waals surface area contributed by atoms with E-state index in [9.17, 15) is 14.0 Å². The van der Waals surface area contributed by atoms with Crippen LogP contribution in [0.1, 0.15) is 33.0 Å². The predicted octanol–water partition coefficient (Wildman–Crippen LogP) is 2.83. The van der Waals surface area contributed by atoms with E-state index in [-0.39, 0.29) is 18.1 Å². The number of amides is 1. The quantitative estimate of drug-likeness (QED) is 0.883. The van der Waals surface area contributed by atoms with Crippen LogP contribution >= 0.6 is 11.3 Å². The second-order valence-corrected chi connectivity index (χ2v) is 5.94. The zero-order chi connectivity index (χ0) is 15.7. The molecule has 1 aromatic heterocycles. The van der Waals surface area contributed by atoms with E-state index in [1.807, 2.05) is 12.3 Å². The third kappa shape index (κ3) is 2.99. The van der Waals surface area contributed by atoms with Crippen molar-refractivity contribution in [3.63, 3.8) is 0 Å². The van der Waals surface area contributed by atoms with E-state index >= 15 is 0 Å². The molecule has 0 radical (unpaired) electrons. The molecule has 22 heavy (non-hydrogen) atoms. The van der Waals surface area contributed by atoms with Crippen molar-refractivity contribution in [3.05, 3.63) is 45.2 Å². The lowest BCUT2D eigenvalue weighted by atomic mass is 10.00. The summed E-state index contributed by atoms with van der Waals surface area (Å²) < 4.78 is 19.1. The number of benzene rings is 1. The number of ether oxygens (including phenoxy) is 1. The van der Waals surface area contributed by atoms with Crippen LogP contribution in [-0.4, -0.2) is 16.9 Å². The van der Waals surface area contributed by atoms with Crippen LogP contribution in [0.3, 0.4) is 0 Å². The maximum absolute atomic E-state index is 14.0. The Morgan fingerprint density at radius 2 is 2.27 bits per heavy atom. The molecule has 0 spiro atoms. The molecule has 0 atom stereocenters. The molecule has 1 amide bonds. The van der Waals surface area contributed by atoms with Gasteiger partial charge < -0.3 is 10.1 Å². The molecule has 0 saturated carbocycles. The third-order valence-electron chi connectivity index (χ3n) is 3.30. The SMILES string of the molecule is Cc1csc(COC(=O)c2cc3c(cc2F)NC(=O)CC3)n1. The van der Waals surface area contributed by atoms with Crippen molar-refractivity contribution in [3.8, 4) is 0 Å². The van der Waals surface area contributed by atoms with E-state index in [4.69, 9.17) is 4.74 Å². The molecule has 1 N–H and O–H groups in total. The van der Waals surface area contributed by atoms with E-state index in [0.717, 1.165) is 17.3 Å². The van der Waals surface area contributed by atoms with Crippen molar-refractivity contribution in [1.82, 2.24) is 4.98 Å². The predicted molar refractivity (Wildman–Crippen MR) is 79.3 cm³/mol. The molecule has 0 aliphatic carbocycles. The Labute approximate surface area is 130 Å². The Balaban J connectivity index is 1.76. The van der Waals surface area contributed by atoms with E-state index in [2.05, 4.69) is 10.3 Å². The second-order valence-electron chi connectivity index (χ2n) is 5.00. The number of nitrogens with one attached hydrogen (secondary N) is 1. The van der Waals surface area contributed by atoms with Crippen LogP contribution in [0.15, 0.2) is 17.5 Å². The van der Waals surface area contributed by atoms with Gasteiger partial charge in [-0.1, -0.05) is 0 Å². The Morgan fingerprint density at radius 3 is 3.00 bits per heavy atom. The molecule has 2 aromatic rings. The standard InChI is InChI=1S/C15H13FN2O3S/c1-8-7-22-14(17-8)6-21-15(20)10-4-9-2-3-13(19)18-12(9)5-11(10)16/h4-5,7H,2-3,6H2,1H3,(H,18,19). The number of carbonyl (C=O) groups is 2. The Bertz CT molecular complexity index is 757. The van der Waals surface area contributed by atoms with E-state index in [1.165, 1.54) is 17.4 Å². The van der Waals surface area contributed by atoms with Gasteiger partial charge >= 0.3 is 5.97 Å². The first-order chi connectivity index (χ1) is 10.5. The summed E-state index contributed by atoms with van der Waals surface area (Å²) in [6, 6.07) is 2.61. The van der Waals surface area contributed by atoms with Crippen molar-refractivity contribution >= 4 is 28.9 Å². The molecule has 0 saturated heterocycles. The van der Waals surface area contributed by atoms with Gasteiger partial charge in [0.05, 0.1) is 5.56 Å². The Morgan fingerprint density at radius 1 is 1.45 bits per heavy atom. The number of aromatic nitrogens is 1. The highest BCUT2D eigenvalue weighted by atomic mass is 32.1. The molecule has 7 heteroatoms. The number of nitrogens with zero attached hydrogens (tertiary/aromatic N) is 1. The lowest BCUT2D eigenvalue weighted by Crippen LogP contribution is -2.20. The fourth-order valence-electron chi connectivity index (χ4n) is 2.23. The zero-order valence-electron chi connectivity index (χ0n) is 11.8. The van der Waals surface area contributed by atoms with Crippen LogP contribution in [0, 0.1) is 12.7 Å². The van der Waals surface area contributed by atoms with Gasteiger partial charge in [0.2, 0.25) is 5.91 Å². The number of hydrogen-bond donors (Lipinski definition) is 1. The van der Waals surface area contributed by atoms with Crippen molar-refractivity contribution in [2.45, 2.75) is 26.4 Å². The number of halogens is 1. The molecule has 3 rings (SSSR count). The lowest BCUT2D eigenvalue weighted by Gasteiger charge is -2.17. The van der Waals surface area contributed by atoms with Gasteiger partial charge in [0.1, 0.15) is 17.4 Å². The fraction of sp³-hybridized carbons (Fsp3) is 0.267. The summed E-state index contributed by atoms with van der Waals surface area (Å²) in [6.07, 6.45) is 0.804. The Hall–Kier alpha value is -2.28. The van der Waals surface area contributed by atoms with Gasteiger partial charge in [-0.25, -0.2) is 14.2 Å². The minimum Gasteiger partial charge on any atom is -0.455 e. The van der Waals surface area contributed by atoms with Crippen molar-refractivity contribution in [2.75, 3.05) is 5.32 Å². The highest BCUT2D eigenvalue weighted by Crippen LogP contribution is 2.26. The largest absolute Gasteiger partial charge is 0.455 e. The summed E-state index contributed by atoms with van der Waals surface area (Å²) in [5.41, 5.74) is 1.88. The molecule has 0 bridgehead atoms. The number of aryl methyl sites for hydroxylation is 2. The van der Waals surface area contributed by atoms with E-state index in [1.54, 1.807) is 0 Å². The zero-order valence-corrected chi connectivity index (χ0v) is 12.6. The number of hydrogen-bond acceptors (Lipinski definition) is 5. The number of fused-ring (bicyclic) bond motifs is 1. The molecular formula is C15H13FN2O3S. The topological polar surface area (TPSA) is 68.3 Å². The molecule has 1 aliphatic heterocycles. The summed E-state index contributed by atoms with van der Waals surface area (Å²) in [6.45, 7) is 1.86. The van der Waals surface area contributed by atoms with Gasteiger partial charge in [-0.3, -0.25) is 4.79 Å². The summed E-state index contributed by atoms with van der Waals surface area (Å²) in [4.78, 5) is 27.5. The summed E-state index contributed by atoms with van der Waals surface area (Å²) in [5.74, 6) is -1.59. The van der Waals surface area contributed by atoms with Crippen LogP contribution in [0.4, 0.5) is 10.1 Å². The first-order valence-corrected chi connectivity index (χ1v) is 7.61. The van der Waals surface area contributed by atoms with Gasteiger partial charge in [-0.2, -0.15) is 0 Å².